The van der Waals surface area contributed by atoms with Gasteiger partial charge in [-0.3, -0.25) is 4.79 Å². The summed E-state index contributed by atoms with van der Waals surface area (Å²) in [5.74, 6) is 0.558. The summed E-state index contributed by atoms with van der Waals surface area (Å²) in [4.78, 5) is 10.5. The summed E-state index contributed by atoms with van der Waals surface area (Å²) in [6, 6.07) is 3.24. The Bertz CT molecular complexity index is 308. The van der Waals surface area contributed by atoms with Crippen molar-refractivity contribution >= 4 is 17.6 Å². The fourth-order valence-corrected chi connectivity index (χ4v) is 1.05. The van der Waals surface area contributed by atoms with Crippen molar-refractivity contribution in [1.29, 1.82) is 0 Å². The van der Waals surface area contributed by atoms with Crippen molar-refractivity contribution in [3.05, 3.63) is 23.7 Å². The summed E-state index contributed by atoms with van der Waals surface area (Å²) >= 11 is 5.43. The molecule has 1 N–H and O–H groups in total. The minimum Gasteiger partial charge on any atom is -0.460 e. The smallest absolute Gasteiger partial charge is 0.303 e. The SMILES string of the molecule is CC(=O)OCc1ccc(C(O)CCl)o1. The van der Waals surface area contributed by atoms with Crippen LogP contribution in [0.15, 0.2) is 16.5 Å². The highest BCUT2D eigenvalue weighted by molar-refractivity contribution is 6.18. The molecule has 5 heteroatoms. The summed E-state index contributed by atoms with van der Waals surface area (Å²) in [5.41, 5.74) is 0. The standard InChI is InChI=1S/C9H11ClO4/c1-6(11)13-5-7-2-3-9(14-7)8(12)4-10/h2-3,8,12H,4-5H2,1H3. The van der Waals surface area contributed by atoms with E-state index in [2.05, 4.69) is 0 Å². The van der Waals surface area contributed by atoms with Crippen LogP contribution < -0.4 is 0 Å². The average Bonchev–Trinajstić information content (AvgIpc) is 2.62. The van der Waals surface area contributed by atoms with E-state index in [4.69, 9.17) is 20.8 Å². The molecule has 14 heavy (non-hydrogen) atoms. The molecule has 0 aliphatic carbocycles. The van der Waals surface area contributed by atoms with Crippen molar-refractivity contribution in [3.8, 4) is 0 Å². The third kappa shape index (κ3) is 3.05. The van der Waals surface area contributed by atoms with Gasteiger partial charge in [0.25, 0.3) is 0 Å². The number of hydrogen-bond acceptors (Lipinski definition) is 4. The Morgan fingerprint density at radius 1 is 1.71 bits per heavy atom. The maximum atomic E-state index is 10.5. The predicted molar refractivity (Wildman–Crippen MR) is 49.9 cm³/mol. The molecule has 4 nitrogen and oxygen atoms in total. The maximum Gasteiger partial charge on any atom is 0.303 e. The van der Waals surface area contributed by atoms with Crippen LogP contribution >= 0.6 is 11.6 Å². The lowest BCUT2D eigenvalue weighted by atomic mass is 10.3. The summed E-state index contributed by atoms with van der Waals surface area (Å²) in [6.45, 7) is 1.39. The van der Waals surface area contributed by atoms with Gasteiger partial charge in [0.15, 0.2) is 0 Å². The van der Waals surface area contributed by atoms with Crippen molar-refractivity contribution in [1.82, 2.24) is 0 Å². The molecule has 0 saturated carbocycles. The van der Waals surface area contributed by atoms with Crippen molar-refractivity contribution < 1.29 is 19.1 Å². The molecule has 1 heterocycles. The van der Waals surface area contributed by atoms with Gasteiger partial charge in [-0.25, -0.2) is 0 Å². The van der Waals surface area contributed by atoms with Crippen LogP contribution in [0.3, 0.4) is 0 Å². The number of carbonyl (C=O) groups is 1. The third-order valence-corrected chi connectivity index (χ3v) is 1.87. The van der Waals surface area contributed by atoms with E-state index >= 15 is 0 Å². The topological polar surface area (TPSA) is 59.7 Å². The van der Waals surface area contributed by atoms with Crippen LogP contribution in [-0.4, -0.2) is 17.0 Å². The van der Waals surface area contributed by atoms with E-state index in [1.807, 2.05) is 0 Å². The Hall–Kier alpha value is -1.00. The molecule has 0 aliphatic rings. The molecule has 1 atom stereocenters. The minimum absolute atomic E-state index is 0.0700. The zero-order valence-corrected chi connectivity index (χ0v) is 8.45. The molecule has 0 aromatic carbocycles. The van der Waals surface area contributed by atoms with Gasteiger partial charge in [0, 0.05) is 6.92 Å². The largest absolute Gasteiger partial charge is 0.460 e. The lowest BCUT2D eigenvalue weighted by Gasteiger charge is -2.01. The molecule has 0 fully saturated rings. The summed E-state index contributed by atoms with van der Waals surface area (Å²) in [7, 11) is 0. The maximum absolute atomic E-state index is 10.5. The second-order valence-corrected chi connectivity index (χ2v) is 3.06. The van der Waals surface area contributed by atoms with E-state index in [0.717, 1.165) is 0 Å². The van der Waals surface area contributed by atoms with Crippen molar-refractivity contribution in [2.45, 2.75) is 19.6 Å². The van der Waals surface area contributed by atoms with Crippen LogP contribution in [0.2, 0.25) is 0 Å². The molecule has 0 amide bonds. The molecule has 0 aliphatic heterocycles. The zero-order valence-electron chi connectivity index (χ0n) is 7.70. The number of aliphatic hydroxyl groups excluding tert-OH is 1. The van der Waals surface area contributed by atoms with Crippen LogP contribution in [0.25, 0.3) is 0 Å². The van der Waals surface area contributed by atoms with Gasteiger partial charge in [0.1, 0.15) is 24.2 Å². The van der Waals surface area contributed by atoms with Gasteiger partial charge in [-0.2, -0.15) is 0 Å². The van der Waals surface area contributed by atoms with E-state index in [-0.39, 0.29) is 18.5 Å². The monoisotopic (exact) mass is 218 g/mol. The van der Waals surface area contributed by atoms with Gasteiger partial charge < -0.3 is 14.3 Å². The van der Waals surface area contributed by atoms with Crippen molar-refractivity contribution in [3.63, 3.8) is 0 Å². The fraction of sp³-hybridized carbons (Fsp3) is 0.444. The fourth-order valence-electron chi connectivity index (χ4n) is 0.900. The number of esters is 1. The first-order valence-corrected chi connectivity index (χ1v) is 4.63. The molecule has 1 unspecified atom stereocenters. The quantitative estimate of drug-likeness (QED) is 0.616. The number of furan rings is 1. The van der Waals surface area contributed by atoms with E-state index < -0.39 is 6.10 Å². The number of rotatable bonds is 4. The molecule has 1 rings (SSSR count). The first-order valence-electron chi connectivity index (χ1n) is 4.09. The van der Waals surface area contributed by atoms with Gasteiger partial charge in [-0.05, 0) is 12.1 Å². The number of alkyl halides is 1. The molecule has 0 saturated heterocycles. The number of halogens is 1. The van der Waals surface area contributed by atoms with Crippen LogP contribution in [0.4, 0.5) is 0 Å². The normalized spacial score (nSPS) is 12.5. The second-order valence-electron chi connectivity index (χ2n) is 2.75. The highest BCUT2D eigenvalue weighted by Gasteiger charge is 2.11. The van der Waals surface area contributed by atoms with Crippen LogP contribution in [-0.2, 0) is 16.1 Å². The van der Waals surface area contributed by atoms with Crippen molar-refractivity contribution in [2.24, 2.45) is 0 Å². The molecule has 0 spiro atoms. The van der Waals surface area contributed by atoms with Crippen LogP contribution in [0, 0.1) is 0 Å². The number of aliphatic hydroxyl groups is 1. The molecule has 78 valence electrons. The van der Waals surface area contributed by atoms with Crippen molar-refractivity contribution in [2.75, 3.05) is 5.88 Å². The molecule has 1 aromatic heterocycles. The lowest BCUT2D eigenvalue weighted by molar-refractivity contribution is -0.142. The summed E-state index contributed by atoms with van der Waals surface area (Å²) in [6.07, 6.45) is -0.817. The van der Waals surface area contributed by atoms with Gasteiger partial charge in [0.2, 0.25) is 0 Å². The number of hydrogen-bond donors (Lipinski definition) is 1. The molecule has 0 bridgehead atoms. The number of ether oxygens (including phenoxy) is 1. The predicted octanol–water partition coefficient (Wildman–Crippen LogP) is 1.61. The van der Waals surface area contributed by atoms with Gasteiger partial charge in [-0.15, -0.1) is 11.6 Å². The van der Waals surface area contributed by atoms with E-state index in [0.29, 0.717) is 11.5 Å². The molecular formula is C9H11ClO4. The Balaban J connectivity index is 2.54. The Morgan fingerprint density at radius 3 is 3.00 bits per heavy atom. The first kappa shape index (κ1) is 11.1. The third-order valence-electron chi connectivity index (χ3n) is 1.57. The van der Waals surface area contributed by atoms with Gasteiger partial charge >= 0.3 is 5.97 Å². The van der Waals surface area contributed by atoms with Crippen LogP contribution in [0.5, 0.6) is 0 Å². The highest BCUT2D eigenvalue weighted by atomic mass is 35.5. The lowest BCUT2D eigenvalue weighted by Crippen LogP contribution is -1.98. The van der Waals surface area contributed by atoms with E-state index in [1.54, 1.807) is 12.1 Å². The number of carbonyl (C=O) groups excluding carboxylic acids is 1. The Kier molecular flexibility index (Phi) is 3.98. The Labute approximate surface area is 86.4 Å². The summed E-state index contributed by atoms with van der Waals surface area (Å²) in [5, 5.41) is 9.29. The van der Waals surface area contributed by atoms with Gasteiger partial charge in [0.05, 0.1) is 5.88 Å². The minimum atomic E-state index is -0.817. The molecular weight excluding hydrogens is 208 g/mol. The average molecular weight is 219 g/mol. The molecule has 0 radical (unpaired) electrons. The summed E-state index contributed by atoms with van der Waals surface area (Å²) < 4.78 is 9.88. The zero-order chi connectivity index (χ0) is 10.6. The van der Waals surface area contributed by atoms with E-state index in [1.165, 1.54) is 6.92 Å². The van der Waals surface area contributed by atoms with Gasteiger partial charge in [-0.1, -0.05) is 0 Å². The highest BCUT2D eigenvalue weighted by Crippen LogP contribution is 2.18. The second kappa shape index (κ2) is 5.02. The molecule has 1 aromatic rings. The van der Waals surface area contributed by atoms with E-state index in [9.17, 15) is 9.90 Å². The van der Waals surface area contributed by atoms with Crippen LogP contribution in [0.1, 0.15) is 24.5 Å². The first-order chi connectivity index (χ1) is 6.63. The Morgan fingerprint density at radius 2 is 2.43 bits per heavy atom.